The standard InChI is InChI=1S/C22H19BrN6O4S/c1-13(30)26(3)22-25-28(14(2)31)21(34-22)19-12-27(17-8-10-18(11-9-17)29(32)33)24-20(19)15-4-6-16(23)7-5-15/h4-12,21H,1-3H3. The number of amidine groups is 1. The second-order valence-corrected chi connectivity index (χ2v) is 9.42. The summed E-state index contributed by atoms with van der Waals surface area (Å²) in [6.07, 6.45) is 1.78. The van der Waals surface area contributed by atoms with Gasteiger partial charge in [-0.25, -0.2) is 9.69 Å². The molecule has 0 aliphatic carbocycles. The van der Waals surface area contributed by atoms with E-state index in [-0.39, 0.29) is 17.5 Å². The first-order valence-electron chi connectivity index (χ1n) is 10.1. The zero-order valence-electron chi connectivity index (χ0n) is 18.4. The molecule has 1 atom stereocenters. The number of hydrogen-bond acceptors (Lipinski definition) is 7. The van der Waals surface area contributed by atoms with Crippen LogP contribution in [0.5, 0.6) is 0 Å². The Morgan fingerprint density at radius 3 is 2.32 bits per heavy atom. The Labute approximate surface area is 207 Å². The number of hydrazone groups is 1. The summed E-state index contributed by atoms with van der Waals surface area (Å²) in [4.78, 5) is 36.3. The number of carbonyl (C=O) groups excluding carboxylic acids is 2. The highest BCUT2D eigenvalue weighted by Crippen LogP contribution is 2.44. The number of rotatable bonds is 4. The Kier molecular flexibility index (Phi) is 6.53. The number of aromatic nitrogens is 2. The lowest BCUT2D eigenvalue weighted by molar-refractivity contribution is -0.384. The van der Waals surface area contributed by atoms with Crippen LogP contribution in [0.15, 0.2) is 64.3 Å². The zero-order valence-corrected chi connectivity index (χ0v) is 20.8. The van der Waals surface area contributed by atoms with Gasteiger partial charge in [0.15, 0.2) is 5.17 Å². The lowest BCUT2D eigenvalue weighted by Gasteiger charge is -2.19. The predicted molar refractivity (Wildman–Crippen MR) is 132 cm³/mol. The minimum atomic E-state index is -0.556. The Morgan fingerprint density at radius 2 is 1.76 bits per heavy atom. The number of nitro groups is 1. The normalized spacial score (nSPS) is 15.2. The first-order chi connectivity index (χ1) is 16.2. The number of benzene rings is 2. The molecule has 2 aromatic carbocycles. The number of halogens is 1. The fourth-order valence-corrected chi connectivity index (χ4v) is 4.77. The van der Waals surface area contributed by atoms with Crippen molar-refractivity contribution in [3.63, 3.8) is 0 Å². The SMILES string of the molecule is CC(=O)N(C)C1=NN(C(C)=O)C(c2cn(-c3ccc([N+](=O)[O-])cc3)nc2-c2ccc(Br)cc2)S1. The Balaban J connectivity index is 1.82. The maximum atomic E-state index is 12.4. The highest BCUT2D eigenvalue weighted by atomic mass is 79.9. The molecule has 12 heteroatoms. The molecule has 0 radical (unpaired) electrons. The molecule has 1 unspecified atom stereocenters. The molecule has 0 fully saturated rings. The molecule has 3 aromatic rings. The molecule has 0 saturated heterocycles. The quantitative estimate of drug-likeness (QED) is 0.352. The summed E-state index contributed by atoms with van der Waals surface area (Å²) in [6, 6.07) is 13.6. The van der Waals surface area contributed by atoms with Crippen LogP contribution in [-0.4, -0.2) is 48.6 Å². The van der Waals surface area contributed by atoms with Crippen molar-refractivity contribution in [1.82, 2.24) is 19.7 Å². The van der Waals surface area contributed by atoms with E-state index in [0.29, 0.717) is 22.1 Å². The predicted octanol–water partition coefficient (Wildman–Crippen LogP) is 4.55. The topological polar surface area (TPSA) is 114 Å². The Hall–Kier alpha value is -3.51. The molecule has 34 heavy (non-hydrogen) atoms. The zero-order chi connectivity index (χ0) is 24.6. The van der Waals surface area contributed by atoms with E-state index in [9.17, 15) is 19.7 Å². The summed E-state index contributed by atoms with van der Waals surface area (Å²) in [5.74, 6) is -0.487. The third-order valence-corrected chi connectivity index (χ3v) is 6.94. The summed E-state index contributed by atoms with van der Waals surface area (Å²) >= 11 is 4.71. The molecule has 2 amide bonds. The van der Waals surface area contributed by atoms with Crippen molar-refractivity contribution in [3.05, 3.63) is 74.9 Å². The highest BCUT2D eigenvalue weighted by molar-refractivity contribution is 9.10. The second kappa shape index (κ2) is 9.39. The minimum Gasteiger partial charge on any atom is -0.293 e. The van der Waals surface area contributed by atoms with E-state index >= 15 is 0 Å². The minimum absolute atomic E-state index is 0.0244. The number of thioether (sulfide) groups is 1. The van der Waals surface area contributed by atoms with Gasteiger partial charge >= 0.3 is 0 Å². The van der Waals surface area contributed by atoms with E-state index in [0.717, 1.165) is 10.0 Å². The van der Waals surface area contributed by atoms with Crippen molar-refractivity contribution in [2.75, 3.05) is 7.05 Å². The van der Waals surface area contributed by atoms with Gasteiger partial charge in [0.05, 0.1) is 16.3 Å². The lowest BCUT2D eigenvalue weighted by atomic mass is 10.1. The fraction of sp³-hybridized carbons (Fsp3) is 0.182. The molecule has 1 aromatic heterocycles. The van der Waals surface area contributed by atoms with Crippen LogP contribution in [0, 0.1) is 10.1 Å². The van der Waals surface area contributed by atoms with Crippen molar-refractivity contribution < 1.29 is 14.5 Å². The number of carbonyl (C=O) groups is 2. The van der Waals surface area contributed by atoms with E-state index in [4.69, 9.17) is 5.10 Å². The molecule has 174 valence electrons. The molecule has 0 N–H and O–H groups in total. The van der Waals surface area contributed by atoms with Crippen LogP contribution in [0.4, 0.5) is 5.69 Å². The molecule has 2 heterocycles. The largest absolute Gasteiger partial charge is 0.293 e. The van der Waals surface area contributed by atoms with Crippen LogP contribution < -0.4 is 0 Å². The maximum Gasteiger partial charge on any atom is 0.269 e. The molecule has 1 aliphatic rings. The smallest absolute Gasteiger partial charge is 0.269 e. The number of hydrogen-bond donors (Lipinski definition) is 0. The van der Waals surface area contributed by atoms with Crippen molar-refractivity contribution in [3.8, 4) is 16.9 Å². The van der Waals surface area contributed by atoms with Crippen molar-refractivity contribution in [1.29, 1.82) is 0 Å². The van der Waals surface area contributed by atoms with Crippen molar-refractivity contribution in [2.45, 2.75) is 19.2 Å². The lowest BCUT2D eigenvalue weighted by Crippen LogP contribution is -2.28. The van der Waals surface area contributed by atoms with E-state index in [1.165, 1.54) is 47.7 Å². The van der Waals surface area contributed by atoms with Gasteiger partial charge in [0.2, 0.25) is 11.8 Å². The van der Waals surface area contributed by atoms with Gasteiger partial charge in [-0.2, -0.15) is 5.10 Å². The third kappa shape index (κ3) is 4.59. The van der Waals surface area contributed by atoms with Crippen LogP contribution in [0.25, 0.3) is 16.9 Å². The van der Waals surface area contributed by atoms with Gasteiger partial charge in [-0.1, -0.05) is 39.8 Å². The van der Waals surface area contributed by atoms with Gasteiger partial charge in [-0.05, 0) is 24.3 Å². The van der Waals surface area contributed by atoms with E-state index in [2.05, 4.69) is 21.0 Å². The van der Waals surface area contributed by atoms with Crippen molar-refractivity contribution >= 4 is 50.4 Å². The first-order valence-corrected chi connectivity index (χ1v) is 11.7. The summed E-state index contributed by atoms with van der Waals surface area (Å²) in [6.45, 7) is 2.84. The molecular weight excluding hydrogens is 524 g/mol. The monoisotopic (exact) mass is 542 g/mol. The average Bonchev–Trinajstić information content (AvgIpc) is 3.44. The molecule has 4 rings (SSSR count). The van der Waals surface area contributed by atoms with Crippen LogP contribution in [0.1, 0.15) is 24.8 Å². The maximum absolute atomic E-state index is 12.4. The molecule has 0 bridgehead atoms. The van der Waals surface area contributed by atoms with Crippen LogP contribution in [-0.2, 0) is 9.59 Å². The summed E-state index contributed by atoms with van der Waals surface area (Å²) in [5, 5.41) is 21.3. The molecule has 0 spiro atoms. The Morgan fingerprint density at radius 1 is 1.12 bits per heavy atom. The number of nitrogens with zero attached hydrogens (tertiary/aromatic N) is 6. The van der Waals surface area contributed by atoms with Crippen LogP contribution in [0.2, 0.25) is 0 Å². The van der Waals surface area contributed by atoms with Gasteiger partial charge in [-0.15, -0.1) is 5.10 Å². The van der Waals surface area contributed by atoms with Gasteiger partial charge < -0.3 is 0 Å². The second-order valence-electron chi connectivity index (χ2n) is 7.45. The average molecular weight is 543 g/mol. The van der Waals surface area contributed by atoms with E-state index in [1.807, 2.05) is 24.3 Å². The summed E-state index contributed by atoms with van der Waals surface area (Å²) in [7, 11) is 1.60. The summed E-state index contributed by atoms with van der Waals surface area (Å²) in [5.41, 5.74) is 2.74. The van der Waals surface area contributed by atoms with Crippen molar-refractivity contribution in [2.24, 2.45) is 5.10 Å². The van der Waals surface area contributed by atoms with Gasteiger partial charge in [-0.3, -0.25) is 24.6 Å². The van der Waals surface area contributed by atoms with Gasteiger partial charge in [0.1, 0.15) is 5.37 Å². The molecule has 0 saturated carbocycles. The summed E-state index contributed by atoms with van der Waals surface area (Å²) < 4.78 is 2.52. The molecule has 1 aliphatic heterocycles. The van der Waals surface area contributed by atoms with E-state index < -0.39 is 10.3 Å². The third-order valence-electron chi connectivity index (χ3n) is 5.17. The molecular formula is C22H19BrN6O4S. The van der Waals surface area contributed by atoms with Crippen LogP contribution >= 0.6 is 27.7 Å². The number of nitro benzene ring substituents is 1. The number of amides is 2. The number of non-ortho nitro benzene ring substituents is 1. The van der Waals surface area contributed by atoms with Gasteiger partial charge in [0.25, 0.3) is 5.69 Å². The van der Waals surface area contributed by atoms with Crippen LogP contribution in [0.3, 0.4) is 0 Å². The fourth-order valence-electron chi connectivity index (χ4n) is 3.29. The first kappa shape index (κ1) is 23.6. The highest BCUT2D eigenvalue weighted by Gasteiger charge is 2.37. The Bertz CT molecular complexity index is 1310. The molecule has 10 nitrogen and oxygen atoms in total. The van der Waals surface area contributed by atoms with Gasteiger partial charge in [0, 0.05) is 54.8 Å². The van der Waals surface area contributed by atoms with E-state index in [1.54, 1.807) is 30.1 Å².